The van der Waals surface area contributed by atoms with Crippen LogP contribution in [-0.2, 0) is 14.7 Å². The van der Waals surface area contributed by atoms with Crippen LogP contribution < -0.4 is 0 Å². The fraction of sp³-hybridized carbons (Fsp3) is 0. The number of furan rings is 1. The largest absolute Gasteiger partial charge is 0.456 e. The third-order valence-electron chi connectivity index (χ3n) is 2.63. The number of rotatable bonds is 1. The molecule has 1 heterocycles. The molecule has 1 aromatic heterocycles. The van der Waals surface area contributed by atoms with E-state index in [0.29, 0.717) is 21.9 Å². The Kier molecular flexibility index (Phi) is 2.01. The minimum Gasteiger partial charge on any atom is -0.456 e. The van der Waals surface area contributed by atoms with Crippen molar-refractivity contribution in [2.45, 2.75) is 4.90 Å². The Hall–Kier alpha value is -1.85. The molecule has 0 saturated carbocycles. The van der Waals surface area contributed by atoms with Crippen molar-refractivity contribution in [3.63, 3.8) is 0 Å². The van der Waals surface area contributed by atoms with Crippen molar-refractivity contribution in [3.8, 4) is 0 Å². The Labute approximate surface area is 97.2 Å². The second kappa shape index (κ2) is 3.32. The zero-order chi connectivity index (χ0) is 12.0. The quantitative estimate of drug-likeness (QED) is 0.664. The monoisotopic (exact) mass is 247 g/mol. The molecule has 0 unspecified atom stereocenters. The van der Waals surface area contributed by atoms with E-state index >= 15 is 0 Å². The maximum Gasteiger partial charge on any atom is 0.324 e. The fourth-order valence-corrected chi connectivity index (χ4v) is 2.66. The Morgan fingerprint density at radius 2 is 1.59 bits per heavy atom. The summed E-state index contributed by atoms with van der Waals surface area (Å²) in [6.45, 7) is 0. The zero-order valence-electron chi connectivity index (χ0n) is 8.58. The normalized spacial score (nSPS) is 12.3. The molecule has 85 valence electrons. The van der Waals surface area contributed by atoms with Gasteiger partial charge in [0.05, 0.1) is 0 Å². The van der Waals surface area contributed by atoms with Crippen LogP contribution in [0.3, 0.4) is 0 Å². The zero-order valence-corrected chi connectivity index (χ0v) is 9.40. The molecule has 0 aliphatic heterocycles. The third-order valence-corrected chi connectivity index (χ3v) is 3.51. The second-order valence-electron chi connectivity index (χ2n) is 3.68. The maximum absolute atomic E-state index is 11.2. The number of fused-ring (bicyclic) bond motifs is 3. The smallest absolute Gasteiger partial charge is 0.324 e. The predicted octanol–water partition coefficient (Wildman–Crippen LogP) is 2.71. The molecule has 4 nitrogen and oxygen atoms in total. The summed E-state index contributed by atoms with van der Waals surface area (Å²) in [6.07, 6.45) is 0. The van der Waals surface area contributed by atoms with Crippen molar-refractivity contribution < 1.29 is 17.4 Å². The van der Waals surface area contributed by atoms with E-state index in [1.54, 1.807) is 30.3 Å². The summed E-state index contributed by atoms with van der Waals surface area (Å²) >= 11 is 0. The summed E-state index contributed by atoms with van der Waals surface area (Å²) in [5.74, 6) is 0. The van der Waals surface area contributed by atoms with Crippen molar-refractivity contribution in [1.82, 2.24) is 0 Å². The maximum atomic E-state index is 11.2. The van der Waals surface area contributed by atoms with Gasteiger partial charge in [0.25, 0.3) is 0 Å². The molecule has 0 aliphatic carbocycles. The highest BCUT2D eigenvalue weighted by molar-refractivity contribution is 7.85. The summed E-state index contributed by atoms with van der Waals surface area (Å²) in [4.78, 5) is -0.236. The lowest BCUT2D eigenvalue weighted by Crippen LogP contribution is -1.96. The average Bonchev–Trinajstić information content (AvgIpc) is 2.65. The summed E-state index contributed by atoms with van der Waals surface area (Å²) in [7, 11) is -4.50. The molecule has 3 rings (SSSR count). The topological polar surface area (TPSA) is 67.2 Å². The molecule has 3 aromatic rings. The molecule has 0 spiro atoms. The van der Waals surface area contributed by atoms with E-state index in [1.807, 2.05) is 0 Å². The molecule has 0 fully saturated rings. The molecule has 17 heavy (non-hydrogen) atoms. The van der Waals surface area contributed by atoms with E-state index in [4.69, 9.17) is 4.42 Å². The van der Waals surface area contributed by atoms with Gasteiger partial charge in [0.15, 0.2) is 0 Å². The molecule has 0 N–H and O–H groups in total. The van der Waals surface area contributed by atoms with Gasteiger partial charge in [0.1, 0.15) is 16.1 Å². The Morgan fingerprint density at radius 1 is 0.882 bits per heavy atom. The van der Waals surface area contributed by atoms with Crippen LogP contribution in [-0.4, -0.2) is 8.42 Å². The lowest BCUT2D eigenvalue weighted by atomic mass is 10.1. The van der Waals surface area contributed by atoms with Crippen LogP contribution in [0.4, 0.5) is 0 Å². The van der Waals surface area contributed by atoms with Gasteiger partial charge < -0.3 is 4.42 Å². The van der Waals surface area contributed by atoms with Gasteiger partial charge in [-0.15, -0.1) is 0 Å². The van der Waals surface area contributed by atoms with Gasteiger partial charge in [0, 0.05) is 10.8 Å². The van der Waals surface area contributed by atoms with Crippen LogP contribution in [0.25, 0.3) is 21.9 Å². The predicted molar refractivity (Wildman–Crippen MR) is 61.6 cm³/mol. The van der Waals surface area contributed by atoms with Crippen molar-refractivity contribution in [1.29, 1.82) is 0 Å². The van der Waals surface area contributed by atoms with Crippen LogP contribution in [0, 0.1) is 0 Å². The van der Waals surface area contributed by atoms with Crippen LogP contribution in [0.5, 0.6) is 0 Å². The van der Waals surface area contributed by atoms with E-state index in [-0.39, 0.29) is 4.90 Å². The third kappa shape index (κ3) is 1.51. The second-order valence-corrected chi connectivity index (χ2v) is 5.03. The van der Waals surface area contributed by atoms with Crippen molar-refractivity contribution in [2.75, 3.05) is 0 Å². The molecule has 0 atom stereocenters. The lowest BCUT2D eigenvalue weighted by molar-refractivity contribution is 0.415. The van der Waals surface area contributed by atoms with Gasteiger partial charge in [-0.2, -0.15) is 8.42 Å². The van der Waals surface area contributed by atoms with Crippen LogP contribution in [0.15, 0.2) is 51.8 Å². The molecule has 5 heteroatoms. The minimum atomic E-state index is -4.50. The van der Waals surface area contributed by atoms with Gasteiger partial charge in [0.2, 0.25) is 0 Å². The van der Waals surface area contributed by atoms with Crippen LogP contribution in [0.2, 0.25) is 0 Å². The first kappa shape index (κ1) is 10.3. The molecule has 1 radical (unpaired) electrons. The number of para-hydroxylation sites is 1. The van der Waals surface area contributed by atoms with Gasteiger partial charge in [-0.1, -0.05) is 28.8 Å². The summed E-state index contributed by atoms with van der Waals surface area (Å²) < 4.78 is 39.1. The average molecular weight is 247 g/mol. The molecular weight excluding hydrogens is 240 g/mol. The van der Waals surface area contributed by atoms with Gasteiger partial charge in [-0.25, -0.2) is 0 Å². The first-order chi connectivity index (χ1) is 8.07. The van der Waals surface area contributed by atoms with E-state index in [1.165, 1.54) is 12.1 Å². The summed E-state index contributed by atoms with van der Waals surface area (Å²) in [5, 5.41) is 0.996. The highest BCUT2D eigenvalue weighted by Gasteiger charge is 2.19. The number of hydrogen-bond donors (Lipinski definition) is 0. The minimum absolute atomic E-state index is 0.236. The van der Waals surface area contributed by atoms with Gasteiger partial charge >= 0.3 is 10.1 Å². The van der Waals surface area contributed by atoms with Gasteiger partial charge in [-0.05, 0) is 18.2 Å². The Bertz CT molecular complexity index is 815. The van der Waals surface area contributed by atoms with E-state index in [0.717, 1.165) is 0 Å². The standard InChI is InChI=1S/C12H7O4S/c13-17(14,15)11-7-3-6-10-12(11)8-4-1-2-5-9(8)16-10/h1-7H. The first-order valence-corrected chi connectivity index (χ1v) is 6.34. The SMILES string of the molecule is [O]S(=O)(=O)c1cccc2oc3ccccc3c12. The Balaban J connectivity index is 2.61. The fourth-order valence-electron chi connectivity index (χ4n) is 1.95. The lowest BCUT2D eigenvalue weighted by Gasteiger charge is -1.96. The highest BCUT2D eigenvalue weighted by atomic mass is 32.2. The summed E-state index contributed by atoms with van der Waals surface area (Å²) in [5.41, 5.74) is 0.974. The summed E-state index contributed by atoms with van der Waals surface area (Å²) in [6, 6.07) is 11.5. The van der Waals surface area contributed by atoms with E-state index < -0.39 is 10.1 Å². The Morgan fingerprint density at radius 3 is 2.35 bits per heavy atom. The first-order valence-electron chi connectivity index (χ1n) is 4.93. The van der Waals surface area contributed by atoms with Crippen molar-refractivity contribution in [3.05, 3.63) is 42.5 Å². The molecule has 0 saturated heterocycles. The van der Waals surface area contributed by atoms with Crippen molar-refractivity contribution in [2.24, 2.45) is 0 Å². The van der Waals surface area contributed by atoms with Crippen molar-refractivity contribution >= 4 is 32.1 Å². The van der Waals surface area contributed by atoms with Crippen LogP contribution >= 0.6 is 0 Å². The molecule has 0 bridgehead atoms. The molecular formula is C12H7O4S. The van der Waals surface area contributed by atoms with E-state index in [9.17, 15) is 13.0 Å². The van der Waals surface area contributed by atoms with E-state index in [2.05, 4.69) is 0 Å². The number of benzene rings is 2. The van der Waals surface area contributed by atoms with Gasteiger partial charge in [-0.3, -0.25) is 0 Å². The molecule has 0 aliphatic rings. The van der Waals surface area contributed by atoms with Crippen LogP contribution in [0.1, 0.15) is 0 Å². The molecule has 2 aromatic carbocycles. The molecule has 0 amide bonds. The highest BCUT2D eigenvalue weighted by Crippen LogP contribution is 2.33. The number of hydrogen-bond acceptors (Lipinski definition) is 3.